The zero-order valence-corrected chi connectivity index (χ0v) is 18.3. The molecule has 1 aliphatic heterocycles. The van der Waals surface area contributed by atoms with Gasteiger partial charge in [0.25, 0.3) is 0 Å². The quantitative estimate of drug-likeness (QED) is 0.319. The number of para-hydroxylation sites is 2. The number of piperazine rings is 1. The number of anilines is 2. The van der Waals surface area contributed by atoms with E-state index in [0.29, 0.717) is 11.5 Å². The molecule has 162 valence electrons. The highest BCUT2D eigenvalue weighted by molar-refractivity contribution is 7.22. The summed E-state index contributed by atoms with van der Waals surface area (Å²) in [6.45, 7) is 3.64. The Morgan fingerprint density at radius 3 is 2.28 bits per heavy atom. The fourth-order valence-corrected chi connectivity index (χ4v) is 4.75. The van der Waals surface area contributed by atoms with Crippen molar-refractivity contribution in [3.8, 4) is 11.5 Å². The Morgan fingerprint density at radius 1 is 0.844 bits per heavy atom. The summed E-state index contributed by atoms with van der Waals surface area (Å²) in [7, 11) is 0. The molecule has 3 aromatic carbocycles. The lowest BCUT2D eigenvalue weighted by molar-refractivity contribution is -0.136. The Hall–Kier alpha value is -3.58. The van der Waals surface area contributed by atoms with Crippen LogP contribution in [0.5, 0.6) is 11.5 Å². The topological polar surface area (TPSA) is 54.9 Å². The van der Waals surface area contributed by atoms with Crippen LogP contribution in [0.3, 0.4) is 0 Å². The first kappa shape index (κ1) is 20.3. The largest absolute Gasteiger partial charge is 0.482 e. The van der Waals surface area contributed by atoms with Gasteiger partial charge in [0, 0.05) is 37.9 Å². The minimum atomic E-state index is -0.435. The Morgan fingerprint density at radius 2 is 1.53 bits per heavy atom. The van der Waals surface area contributed by atoms with Crippen LogP contribution in [-0.4, -0.2) is 43.7 Å². The molecular formula is C25H23N3O3S. The second-order valence-corrected chi connectivity index (χ2v) is 8.52. The maximum absolute atomic E-state index is 12.1. The fraction of sp³-hybridized carbons (Fsp3) is 0.200. The number of fused-ring (bicyclic) bond motifs is 1. The van der Waals surface area contributed by atoms with Crippen LogP contribution < -0.4 is 19.3 Å². The highest BCUT2D eigenvalue weighted by atomic mass is 32.1. The monoisotopic (exact) mass is 445 g/mol. The molecule has 5 rings (SSSR count). The molecule has 1 fully saturated rings. The first-order valence-electron chi connectivity index (χ1n) is 10.6. The van der Waals surface area contributed by atoms with Crippen molar-refractivity contribution in [2.45, 2.75) is 0 Å². The number of ether oxygens (including phenoxy) is 2. The van der Waals surface area contributed by atoms with E-state index >= 15 is 0 Å². The maximum atomic E-state index is 12.1. The van der Waals surface area contributed by atoms with Crippen molar-refractivity contribution >= 4 is 38.3 Å². The first-order chi connectivity index (χ1) is 15.7. The number of hydrogen-bond donors (Lipinski definition) is 0. The number of benzene rings is 3. The third kappa shape index (κ3) is 4.68. The molecule has 4 aromatic rings. The highest BCUT2D eigenvalue weighted by Crippen LogP contribution is 2.32. The lowest BCUT2D eigenvalue weighted by Gasteiger charge is -2.35. The van der Waals surface area contributed by atoms with Crippen LogP contribution in [0.2, 0.25) is 0 Å². The predicted molar refractivity (Wildman–Crippen MR) is 128 cm³/mol. The summed E-state index contributed by atoms with van der Waals surface area (Å²) in [5.74, 6) is 0.706. The third-order valence-electron chi connectivity index (χ3n) is 5.35. The first-order valence-corrected chi connectivity index (χ1v) is 11.4. The smallest absolute Gasteiger partial charge is 0.349 e. The van der Waals surface area contributed by atoms with Crippen LogP contribution in [-0.2, 0) is 4.79 Å². The minimum absolute atomic E-state index is 0.137. The summed E-state index contributed by atoms with van der Waals surface area (Å²) < 4.78 is 11.9. The number of hydrogen-bond acceptors (Lipinski definition) is 7. The van der Waals surface area contributed by atoms with Crippen molar-refractivity contribution in [2.75, 3.05) is 42.6 Å². The van der Waals surface area contributed by atoms with E-state index < -0.39 is 5.97 Å². The molecule has 2 heterocycles. The number of carbonyl (C=O) groups is 1. The van der Waals surface area contributed by atoms with E-state index in [0.717, 1.165) is 41.5 Å². The summed E-state index contributed by atoms with van der Waals surface area (Å²) in [5, 5.41) is 1.00. The van der Waals surface area contributed by atoms with Crippen LogP contribution in [0.25, 0.3) is 10.2 Å². The summed E-state index contributed by atoms with van der Waals surface area (Å²) >= 11 is 1.63. The average Bonchev–Trinajstić information content (AvgIpc) is 3.28. The molecular weight excluding hydrogens is 422 g/mol. The molecule has 6 nitrogen and oxygen atoms in total. The number of esters is 1. The van der Waals surface area contributed by atoms with Crippen molar-refractivity contribution in [3.63, 3.8) is 0 Å². The second kappa shape index (κ2) is 9.28. The highest BCUT2D eigenvalue weighted by Gasteiger charge is 2.20. The molecule has 1 saturated heterocycles. The van der Waals surface area contributed by atoms with E-state index in [9.17, 15) is 4.79 Å². The van der Waals surface area contributed by atoms with Gasteiger partial charge in [-0.05, 0) is 36.4 Å². The Kier molecular flexibility index (Phi) is 5.89. The molecule has 0 atom stereocenters. The van der Waals surface area contributed by atoms with Gasteiger partial charge in [0.2, 0.25) is 0 Å². The van der Waals surface area contributed by atoms with Gasteiger partial charge in [-0.2, -0.15) is 0 Å². The van der Waals surface area contributed by atoms with Gasteiger partial charge >= 0.3 is 5.97 Å². The van der Waals surface area contributed by atoms with Gasteiger partial charge in [-0.15, -0.1) is 0 Å². The zero-order valence-electron chi connectivity index (χ0n) is 17.5. The van der Waals surface area contributed by atoms with E-state index in [1.165, 1.54) is 5.69 Å². The van der Waals surface area contributed by atoms with E-state index in [-0.39, 0.29) is 6.61 Å². The Labute approximate surface area is 190 Å². The van der Waals surface area contributed by atoms with Crippen LogP contribution in [0, 0.1) is 0 Å². The fourth-order valence-electron chi connectivity index (χ4n) is 3.71. The molecule has 0 N–H and O–H groups in total. The molecule has 0 unspecified atom stereocenters. The lowest BCUT2D eigenvalue weighted by Crippen LogP contribution is -2.46. The lowest BCUT2D eigenvalue weighted by atomic mass is 10.2. The molecule has 0 spiro atoms. The van der Waals surface area contributed by atoms with Crippen molar-refractivity contribution in [2.24, 2.45) is 0 Å². The van der Waals surface area contributed by atoms with Gasteiger partial charge in [-0.1, -0.05) is 47.7 Å². The third-order valence-corrected chi connectivity index (χ3v) is 6.43. The van der Waals surface area contributed by atoms with Crippen LogP contribution in [0.1, 0.15) is 0 Å². The van der Waals surface area contributed by atoms with Gasteiger partial charge < -0.3 is 19.3 Å². The van der Waals surface area contributed by atoms with Crippen molar-refractivity contribution in [1.29, 1.82) is 0 Å². The van der Waals surface area contributed by atoms with Crippen molar-refractivity contribution in [3.05, 3.63) is 78.9 Å². The van der Waals surface area contributed by atoms with Crippen molar-refractivity contribution < 1.29 is 14.3 Å². The normalized spacial score (nSPS) is 13.9. The van der Waals surface area contributed by atoms with Gasteiger partial charge in [0.15, 0.2) is 11.7 Å². The van der Waals surface area contributed by atoms with Gasteiger partial charge in [0.1, 0.15) is 11.5 Å². The predicted octanol–water partition coefficient (Wildman–Crippen LogP) is 4.61. The summed E-state index contributed by atoms with van der Waals surface area (Å²) in [4.78, 5) is 21.7. The van der Waals surface area contributed by atoms with Gasteiger partial charge in [-0.3, -0.25) is 0 Å². The number of rotatable bonds is 6. The molecule has 1 aliphatic rings. The van der Waals surface area contributed by atoms with E-state index in [2.05, 4.69) is 34.1 Å². The number of aromatic nitrogens is 1. The molecule has 7 heteroatoms. The number of nitrogens with zero attached hydrogens (tertiary/aromatic N) is 3. The molecule has 0 radical (unpaired) electrons. The van der Waals surface area contributed by atoms with Crippen LogP contribution >= 0.6 is 11.3 Å². The van der Waals surface area contributed by atoms with E-state index in [1.807, 2.05) is 36.4 Å². The van der Waals surface area contributed by atoms with E-state index in [1.54, 1.807) is 29.5 Å². The molecule has 32 heavy (non-hydrogen) atoms. The summed E-state index contributed by atoms with van der Waals surface area (Å²) in [6, 6.07) is 25.3. The molecule has 0 amide bonds. The molecule has 0 bridgehead atoms. The van der Waals surface area contributed by atoms with Crippen LogP contribution in [0.4, 0.5) is 10.8 Å². The second-order valence-electron chi connectivity index (χ2n) is 7.51. The van der Waals surface area contributed by atoms with Crippen molar-refractivity contribution in [1.82, 2.24) is 4.98 Å². The number of thiazole rings is 1. The van der Waals surface area contributed by atoms with Gasteiger partial charge in [-0.25, -0.2) is 9.78 Å². The van der Waals surface area contributed by atoms with Gasteiger partial charge in [0.05, 0.1) is 10.2 Å². The van der Waals surface area contributed by atoms with E-state index in [4.69, 9.17) is 14.5 Å². The summed E-state index contributed by atoms with van der Waals surface area (Å²) in [5.41, 5.74) is 2.18. The minimum Gasteiger partial charge on any atom is -0.482 e. The summed E-state index contributed by atoms with van der Waals surface area (Å²) in [6.07, 6.45) is 0. The Balaban J connectivity index is 1.20. The number of carbonyl (C=O) groups excluding carboxylic acids is 1. The Bertz CT molecular complexity index is 1190. The zero-order chi connectivity index (χ0) is 21.8. The molecule has 1 aromatic heterocycles. The standard InChI is InChI=1S/C25H23N3O3S/c29-24(18-30-20-9-5-2-6-10-20)31-21-11-12-22-23(17-21)32-25(26-22)28-15-13-27(14-16-28)19-7-3-1-4-8-19/h1-12,17H,13-16,18H2. The maximum Gasteiger partial charge on any atom is 0.349 e. The van der Waals surface area contributed by atoms with Crippen LogP contribution in [0.15, 0.2) is 78.9 Å². The molecule has 0 saturated carbocycles. The average molecular weight is 446 g/mol. The SMILES string of the molecule is O=C(COc1ccccc1)Oc1ccc2nc(N3CCN(c4ccccc4)CC3)sc2c1. The molecule has 0 aliphatic carbocycles.